The van der Waals surface area contributed by atoms with Gasteiger partial charge in [-0.15, -0.1) is 0 Å². The smallest absolute Gasteiger partial charge is 0.231 e. The van der Waals surface area contributed by atoms with Crippen LogP contribution in [0.3, 0.4) is 0 Å². The molecule has 0 aliphatic carbocycles. The number of benzene rings is 1. The van der Waals surface area contributed by atoms with Crippen LogP contribution in [0.15, 0.2) is 30.3 Å². The van der Waals surface area contributed by atoms with Gasteiger partial charge in [-0.1, -0.05) is 30.3 Å². The largest absolute Gasteiger partial charge is 0.388 e. The summed E-state index contributed by atoms with van der Waals surface area (Å²) >= 11 is 0. The van der Waals surface area contributed by atoms with Crippen molar-refractivity contribution in [3.63, 3.8) is 0 Å². The molecular weight excluding hydrogens is 228 g/mol. The first-order valence-electron chi connectivity index (χ1n) is 6.42. The highest BCUT2D eigenvalue weighted by molar-refractivity contribution is 5.76. The summed E-state index contributed by atoms with van der Waals surface area (Å²) in [5, 5.41) is 10.2. The first-order valence-corrected chi connectivity index (χ1v) is 6.42. The van der Waals surface area contributed by atoms with E-state index in [0.717, 1.165) is 24.9 Å². The van der Waals surface area contributed by atoms with Gasteiger partial charge in [-0.25, -0.2) is 0 Å². The molecule has 1 aromatic carbocycles. The van der Waals surface area contributed by atoms with Gasteiger partial charge < -0.3 is 10.8 Å². The number of nitrogens with zero attached hydrogens (tertiary/aromatic N) is 1. The monoisotopic (exact) mass is 248 g/mol. The van der Waals surface area contributed by atoms with Crippen molar-refractivity contribution < 1.29 is 9.90 Å². The van der Waals surface area contributed by atoms with Gasteiger partial charge in [-0.05, 0) is 31.4 Å². The Bertz CT molecular complexity index is 394. The highest BCUT2D eigenvalue weighted by atomic mass is 16.3. The number of rotatable bonds is 5. The Hall–Kier alpha value is -1.39. The maximum Gasteiger partial charge on any atom is 0.231 e. The fourth-order valence-electron chi connectivity index (χ4n) is 2.64. The summed E-state index contributed by atoms with van der Waals surface area (Å²) < 4.78 is 0. The number of aliphatic hydroxyl groups excluding tert-OH is 1. The van der Waals surface area contributed by atoms with Gasteiger partial charge in [0.15, 0.2) is 0 Å². The number of nitrogens with two attached hydrogens (primary N) is 1. The molecule has 3 N–H and O–H groups in total. The summed E-state index contributed by atoms with van der Waals surface area (Å²) in [6.45, 7) is 1.20. The lowest BCUT2D eigenvalue weighted by Crippen LogP contribution is -2.37. The van der Waals surface area contributed by atoms with E-state index in [2.05, 4.69) is 4.90 Å². The number of carbonyl (C=O) groups excluding carboxylic acids is 1. The fraction of sp³-hybridized carbons (Fsp3) is 0.500. The van der Waals surface area contributed by atoms with Crippen LogP contribution in [0.1, 0.15) is 30.9 Å². The zero-order chi connectivity index (χ0) is 13.0. The molecule has 18 heavy (non-hydrogen) atoms. The van der Waals surface area contributed by atoms with Crippen molar-refractivity contribution in [3.8, 4) is 0 Å². The maximum atomic E-state index is 11.0. The van der Waals surface area contributed by atoms with Gasteiger partial charge in [-0.3, -0.25) is 9.69 Å². The van der Waals surface area contributed by atoms with Crippen LogP contribution in [0.5, 0.6) is 0 Å². The van der Waals surface area contributed by atoms with Crippen LogP contribution in [-0.2, 0) is 4.79 Å². The van der Waals surface area contributed by atoms with Crippen molar-refractivity contribution in [1.29, 1.82) is 0 Å². The third-order valence-electron chi connectivity index (χ3n) is 3.54. The van der Waals surface area contributed by atoms with E-state index in [1.54, 1.807) is 0 Å². The second-order valence-electron chi connectivity index (χ2n) is 4.90. The standard InChI is InChI=1S/C14H20N2O2/c15-14(18)10-16-8-4-7-12(16)9-13(17)11-5-2-1-3-6-11/h1-3,5-6,12-13,17H,4,7-10H2,(H2,15,18)/t12-,13-/m1/s1. The summed E-state index contributed by atoms with van der Waals surface area (Å²) in [6, 6.07) is 9.90. The molecule has 1 fully saturated rings. The van der Waals surface area contributed by atoms with Gasteiger partial charge in [0.2, 0.25) is 5.91 Å². The molecule has 2 rings (SSSR count). The Morgan fingerprint density at radius 2 is 2.17 bits per heavy atom. The second kappa shape index (κ2) is 5.98. The minimum Gasteiger partial charge on any atom is -0.388 e. The second-order valence-corrected chi connectivity index (χ2v) is 4.90. The van der Waals surface area contributed by atoms with Crippen LogP contribution < -0.4 is 5.73 Å². The molecule has 0 radical (unpaired) electrons. The Morgan fingerprint density at radius 1 is 1.44 bits per heavy atom. The molecule has 0 aromatic heterocycles. The summed E-state index contributed by atoms with van der Waals surface area (Å²) in [7, 11) is 0. The molecule has 1 saturated heterocycles. The topological polar surface area (TPSA) is 66.6 Å². The summed E-state index contributed by atoms with van der Waals surface area (Å²) in [6.07, 6.45) is 2.29. The third-order valence-corrected chi connectivity index (χ3v) is 3.54. The molecule has 4 nitrogen and oxygen atoms in total. The predicted octanol–water partition coefficient (Wildman–Crippen LogP) is 1.06. The van der Waals surface area contributed by atoms with Crippen molar-refractivity contribution in [2.45, 2.75) is 31.4 Å². The number of primary amides is 1. The summed E-state index contributed by atoms with van der Waals surface area (Å²) in [5.41, 5.74) is 6.17. The Kier molecular flexibility index (Phi) is 4.33. The highest BCUT2D eigenvalue weighted by Gasteiger charge is 2.27. The van der Waals surface area contributed by atoms with E-state index in [1.807, 2.05) is 30.3 Å². The van der Waals surface area contributed by atoms with Gasteiger partial charge in [-0.2, -0.15) is 0 Å². The Morgan fingerprint density at radius 3 is 2.83 bits per heavy atom. The molecule has 1 aliphatic heterocycles. The highest BCUT2D eigenvalue weighted by Crippen LogP contribution is 2.26. The van der Waals surface area contributed by atoms with Gasteiger partial charge >= 0.3 is 0 Å². The van der Waals surface area contributed by atoms with Crippen molar-refractivity contribution in [1.82, 2.24) is 4.90 Å². The molecule has 1 amide bonds. The van der Waals surface area contributed by atoms with Crippen molar-refractivity contribution >= 4 is 5.91 Å². The predicted molar refractivity (Wildman–Crippen MR) is 69.8 cm³/mol. The van der Waals surface area contributed by atoms with E-state index in [1.165, 1.54) is 0 Å². The van der Waals surface area contributed by atoms with Crippen LogP contribution in [0.4, 0.5) is 0 Å². The molecule has 1 heterocycles. The minimum absolute atomic E-state index is 0.257. The quantitative estimate of drug-likeness (QED) is 0.819. The first kappa shape index (κ1) is 13.1. The third kappa shape index (κ3) is 3.31. The average Bonchev–Trinajstić information content (AvgIpc) is 2.77. The van der Waals surface area contributed by atoms with E-state index < -0.39 is 6.10 Å². The number of hydrogen-bond acceptors (Lipinski definition) is 3. The van der Waals surface area contributed by atoms with Gasteiger partial charge in [0.25, 0.3) is 0 Å². The summed E-state index contributed by atoms with van der Waals surface area (Å²) in [5.74, 6) is -0.295. The first-order chi connectivity index (χ1) is 8.66. The van der Waals surface area contributed by atoms with E-state index in [-0.39, 0.29) is 11.9 Å². The van der Waals surface area contributed by atoms with Crippen molar-refractivity contribution in [2.24, 2.45) is 5.73 Å². The molecular formula is C14H20N2O2. The molecule has 4 heteroatoms. The summed E-state index contributed by atoms with van der Waals surface area (Å²) in [4.78, 5) is 13.1. The number of carbonyl (C=O) groups is 1. The van der Waals surface area contributed by atoms with Crippen LogP contribution in [0, 0.1) is 0 Å². The van der Waals surface area contributed by atoms with Crippen LogP contribution in [-0.4, -0.2) is 35.0 Å². The molecule has 0 bridgehead atoms. The SMILES string of the molecule is NC(=O)CN1CCC[C@@H]1C[C@@H](O)c1ccccc1. The number of aliphatic hydroxyl groups is 1. The zero-order valence-corrected chi connectivity index (χ0v) is 10.5. The van der Waals surface area contributed by atoms with Crippen molar-refractivity contribution in [2.75, 3.05) is 13.1 Å². The Labute approximate surface area is 107 Å². The maximum absolute atomic E-state index is 11.0. The fourth-order valence-corrected chi connectivity index (χ4v) is 2.64. The normalized spacial score (nSPS) is 21.9. The van der Waals surface area contributed by atoms with E-state index in [0.29, 0.717) is 13.0 Å². The van der Waals surface area contributed by atoms with Crippen LogP contribution in [0.2, 0.25) is 0 Å². The molecule has 1 aromatic rings. The van der Waals surface area contributed by atoms with E-state index in [4.69, 9.17) is 5.73 Å². The lowest BCUT2D eigenvalue weighted by molar-refractivity contribution is -0.119. The number of hydrogen-bond donors (Lipinski definition) is 2. The lowest BCUT2D eigenvalue weighted by atomic mass is 10.0. The zero-order valence-electron chi connectivity index (χ0n) is 10.5. The lowest BCUT2D eigenvalue weighted by Gasteiger charge is -2.25. The molecule has 0 spiro atoms. The van der Waals surface area contributed by atoms with Gasteiger partial charge in [0, 0.05) is 6.04 Å². The van der Waals surface area contributed by atoms with Gasteiger partial charge in [0.05, 0.1) is 12.6 Å². The van der Waals surface area contributed by atoms with Crippen LogP contribution >= 0.6 is 0 Å². The number of likely N-dealkylation sites (tertiary alicyclic amines) is 1. The minimum atomic E-state index is -0.468. The molecule has 2 atom stereocenters. The molecule has 0 unspecified atom stereocenters. The molecule has 0 saturated carbocycles. The van der Waals surface area contributed by atoms with E-state index in [9.17, 15) is 9.90 Å². The molecule has 1 aliphatic rings. The van der Waals surface area contributed by atoms with E-state index >= 15 is 0 Å². The van der Waals surface area contributed by atoms with Crippen molar-refractivity contribution in [3.05, 3.63) is 35.9 Å². The average molecular weight is 248 g/mol. The molecule has 98 valence electrons. The number of amides is 1. The Balaban J connectivity index is 1.94. The van der Waals surface area contributed by atoms with Gasteiger partial charge in [0.1, 0.15) is 0 Å². The van der Waals surface area contributed by atoms with Crippen LogP contribution in [0.25, 0.3) is 0 Å².